The molecule has 2 aromatic rings. The summed E-state index contributed by atoms with van der Waals surface area (Å²) in [6, 6.07) is 16.6. The van der Waals surface area contributed by atoms with E-state index < -0.39 is 5.97 Å². The van der Waals surface area contributed by atoms with E-state index in [1.54, 1.807) is 36.6 Å². The molecule has 0 radical (unpaired) electrons. The van der Waals surface area contributed by atoms with Crippen molar-refractivity contribution in [3.05, 3.63) is 71.8 Å². The topological polar surface area (TPSA) is 62.7 Å². The van der Waals surface area contributed by atoms with Crippen LogP contribution in [0.15, 0.2) is 65.8 Å². The number of esters is 1. The fraction of sp³-hybridized carbons (Fsp3) is 0.105. The Labute approximate surface area is 152 Å². The standard InChI is InChI=1S/C19H19N3O2S/c1-2-20-19(25)22-21-14-16-8-11-17(12-9-16)24-18(23)13-10-15-6-4-3-5-7-15/h3-14H,2H2,1H3,(H2,20,22,25). The zero-order chi connectivity index (χ0) is 17.9. The van der Waals surface area contributed by atoms with Gasteiger partial charge in [-0.15, -0.1) is 0 Å². The summed E-state index contributed by atoms with van der Waals surface area (Å²) in [7, 11) is 0. The van der Waals surface area contributed by atoms with Crippen LogP contribution in [0.2, 0.25) is 0 Å². The van der Waals surface area contributed by atoms with Gasteiger partial charge in [-0.25, -0.2) is 4.79 Å². The first-order valence-corrected chi connectivity index (χ1v) is 8.20. The maximum absolute atomic E-state index is 11.8. The first kappa shape index (κ1) is 18.4. The number of thiocarbonyl (C=S) groups is 1. The van der Waals surface area contributed by atoms with E-state index >= 15 is 0 Å². The van der Waals surface area contributed by atoms with E-state index in [1.165, 1.54) is 6.08 Å². The summed E-state index contributed by atoms with van der Waals surface area (Å²) in [5.74, 6) is 0.0407. The molecule has 0 aliphatic heterocycles. The van der Waals surface area contributed by atoms with Crippen LogP contribution in [-0.2, 0) is 4.79 Å². The second-order valence-electron chi connectivity index (χ2n) is 4.96. The van der Waals surface area contributed by atoms with Crippen molar-refractivity contribution < 1.29 is 9.53 Å². The highest BCUT2D eigenvalue weighted by Crippen LogP contribution is 2.12. The van der Waals surface area contributed by atoms with Crippen molar-refractivity contribution in [2.45, 2.75) is 6.92 Å². The lowest BCUT2D eigenvalue weighted by atomic mass is 10.2. The van der Waals surface area contributed by atoms with Gasteiger partial charge in [-0.2, -0.15) is 5.10 Å². The number of nitrogens with zero attached hydrogens (tertiary/aromatic N) is 1. The zero-order valence-electron chi connectivity index (χ0n) is 13.8. The van der Waals surface area contributed by atoms with Gasteiger partial charge >= 0.3 is 5.97 Å². The van der Waals surface area contributed by atoms with Crippen LogP contribution >= 0.6 is 12.2 Å². The molecular formula is C19H19N3O2S. The van der Waals surface area contributed by atoms with E-state index in [4.69, 9.17) is 17.0 Å². The summed E-state index contributed by atoms with van der Waals surface area (Å²) in [5.41, 5.74) is 4.50. The number of carbonyl (C=O) groups excluding carboxylic acids is 1. The van der Waals surface area contributed by atoms with Crippen LogP contribution in [-0.4, -0.2) is 23.8 Å². The van der Waals surface area contributed by atoms with Gasteiger partial charge in [-0.1, -0.05) is 30.3 Å². The highest BCUT2D eigenvalue weighted by atomic mass is 32.1. The Bertz CT molecular complexity index is 756. The molecule has 128 valence electrons. The van der Waals surface area contributed by atoms with Gasteiger partial charge in [0, 0.05) is 12.6 Å². The maximum Gasteiger partial charge on any atom is 0.336 e. The molecule has 0 fully saturated rings. The normalized spacial score (nSPS) is 10.8. The third-order valence-corrected chi connectivity index (χ3v) is 3.26. The third kappa shape index (κ3) is 6.97. The predicted molar refractivity (Wildman–Crippen MR) is 105 cm³/mol. The Kier molecular flexibility index (Phi) is 7.34. The minimum Gasteiger partial charge on any atom is -0.423 e. The maximum atomic E-state index is 11.8. The second-order valence-corrected chi connectivity index (χ2v) is 5.37. The highest BCUT2D eigenvalue weighted by molar-refractivity contribution is 7.80. The Hall–Kier alpha value is -2.99. The third-order valence-electron chi connectivity index (χ3n) is 3.03. The average Bonchev–Trinajstić information content (AvgIpc) is 2.63. The van der Waals surface area contributed by atoms with E-state index in [-0.39, 0.29) is 0 Å². The number of carbonyl (C=O) groups is 1. The Balaban J connectivity index is 1.85. The fourth-order valence-corrected chi connectivity index (χ4v) is 2.06. The predicted octanol–water partition coefficient (Wildman–Crippen LogP) is 3.12. The lowest BCUT2D eigenvalue weighted by molar-refractivity contribution is -0.128. The molecule has 0 aliphatic carbocycles. The number of hydrogen-bond acceptors (Lipinski definition) is 4. The summed E-state index contributed by atoms with van der Waals surface area (Å²) in [5, 5.41) is 7.41. The van der Waals surface area contributed by atoms with Crippen molar-refractivity contribution in [1.82, 2.24) is 10.7 Å². The van der Waals surface area contributed by atoms with Crippen molar-refractivity contribution in [2.24, 2.45) is 5.10 Å². The van der Waals surface area contributed by atoms with Crippen molar-refractivity contribution in [3.63, 3.8) is 0 Å². The van der Waals surface area contributed by atoms with Crippen LogP contribution in [0.25, 0.3) is 6.08 Å². The number of hydrazone groups is 1. The second kappa shape index (κ2) is 10.00. The van der Waals surface area contributed by atoms with Gasteiger partial charge in [0.1, 0.15) is 5.75 Å². The lowest BCUT2D eigenvalue weighted by Gasteiger charge is -2.03. The molecule has 5 nitrogen and oxygen atoms in total. The summed E-state index contributed by atoms with van der Waals surface area (Å²) in [6.45, 7) is 2.69. The van der Waals surface area contributed by atoms with Gasteiger partial charge in [-0.05, 0) is 60.6 Å². The number of nitrogens with one attached hydrogen (secondary N) is 2. The zero-order valence-corrected chi connectivity index (χ0v) is 14.6. The lowest BCUT2D eigenvalue weighted by Crippen LogP contribution is -2.31. The Morgan fingerprint density at radius 2 is 1.84 bits per heavy atom. The molecule has 25 heavy (non-hydrogen) atoms. The number of hydrogen-bond donors (Lipinski definition) is 2. The quantitative estimate of drug-likeness (QED) is 0.209. The molecule has 0 bridgehead atoms. The molecule has 2 N–H and O–H groups in total. The molecule has 6 heteroatoms. The van der Waals surface area contributed by atoms with Crippen LogP contribution in [0.5, 0.6) is 5.75 Å². The summed E-state index contributed by atoms with van der Waals surface area (Å²) >= 11 is 5.00. The number of benzene rings is 2. The van der Waals surface area contributed by atoms with Gasteiger partial charge in [0.15, 0.2) is 5.11 Å². The van der Waals surface area contributed by atoms with Crippen molar-refractivity contribution in [2.75, 3.05) is 6.54 Å². The Morgan fingerprint density at radius 3 is 2.52 bits per heavy atom. The van der Waals surface area contributed by atoms with E-state index in [2.05, 4.69) is 15.8 Å². The SMILES string of the molecule is CCNC(=S)NN=Cc1ccc(OC(=O)C=Cc2ccccc2)cc1. The minimum atomic E-state index is -0.428. The first-order chi connectivity index (χ1) is 12.2. The van der Waals surface area contributed by atoms with Gasteiger partial charge < -0.3 is 10.1 Å². The van der Waals surface area contributed by atoms with Gasteiger partial charge in [-0.3, -0.25) is 5.43 Å². The smallest absolute Gasteiger partial charge is 0.336 e. The first-order valence-electron chi connectivity index (χ1n) is 7.79. The molecule has 0 atom stereocenters. The molecule has 0 aliphatic rings. The number of rotatable bonds is 6. The Morgan fingerprint density at radius 1 is 1.12 bits per heavy atom. The van der Waals surface area contributed by atoms with Crippen molar-refractivity contribution >= 4 is 35.6 Å². The molecule has 0 unspecified atom stereocenters. The molecule has 0 saturated carbocycles. The van der Waals surface area contributed by atoms with Crippen LogP contribution < -0.4 is 15.5 Å². The van der Waals surface area contributed by atoms with E-state index in [9.17, 15) is 4.79 Å². The minimum absolute atomic E-state index is 0.428. The van der Waals surface area contributed by atoms with Gasteiger partial charge in [0.25, 0.3) is 0 Å². The molecule has 0 heterocycles. The fourth-order valence-electron chi connectivity index (χ4n) is 1.87. The number of ether oxygens (including phenoxy) is 1. The monoisotopic (exact) mass is 353 g/mol. The van der Waals surface area contributed by atoms with Crippen LogP contribution in [0.1, 0.15) is 18.1 Å². The van der Waals surface area contributed by atoms with Crippen molar-refractivity contribution in [3.8, 4) is 5.75 Å². The molecule has 0 amide bonds. The van der Waals surface area contributed by atoms with E-state index in [1.807, 2.05) is 37.3 Å². The van der Waals surface area contributed by atoms with Crippen LogP contribution in [0.3, 0.4) is 0 Å². The molecule has 2 rings (SSSR count). The van der Waals surface area contributed by atoms with Gasteiger partial charge in [0.05, 0.1) is 6.21 Å². The summed E-state index contributed by atoms with van der Waals surface area (Å²) in [6.07, 6.45) is 4.74. The average molecular weight is 353 g/mol. The van der Waals surface area contributed by atoms with Gasteiger partial charge in [0.2, 0.25) is 0 Å². The molecule has 2 aromatic carbocycles. The van der Waals surface area contributed by atoms with E-state index in [0.29, 0.717) is 10.9 Å². The highest BCUT2D eigenvalue weighted by Gasteiger charge is 2.00. The van der Waals surface area contributed by atoms with Crippen LogP contribution in [0.4, 0.5) is 0 Å². The van der Waals surface area contributed by atoms with Crippen LogP contribution in [0, 0.1) is 0 Å². The largest absolute Gasteiger partial charge is 0.423 e. The molecule has 0 spiro atoms. The summed E-state index contributed by atoms with van der Waals surface area (Å²) < 4.78 is 5.25. The molecular weight excluding hydrogens is 334 g/mol. The molecule has 0 aromatic heterocycles. The van der Waals surface area contributed by atoms with Crippen molar-refractivity contribution in [1.29, 1.82) is 0 Å². The molecule has 0 saturated heterocycles. The summed E-state index contributed by atoms with van der Waals surface area (Å²) in [4.78, 5) is 11.8. The van der Waals surface area contributed by atoms with E-state index in [0.717, 1.165) is 17.7 Å².